The number of hydrogen-bond acceptors (Lipinski definition) is 4. The van der Waals surface area contributed by atoms with Gasteiger partial charge in [-0.1, -0.05) is 64.4 Å². The van der Waals surface area contributed by atoms with Crippen LogP contribution in [0.4, 0.5) is 0 Å². The zero-order valence-electron chi connectivity index (χ0n) is 11.5. The number of unbranched alkanes of at least 4 members (excludes halogenated alkanes) is 4. The van der Waals surface area contributed by atoms with Crippen LogP contribution in [0.1, 0.15) is 46.0 Å². The van der Waals surface area contributed by atoms with Gasteiger partial charge >= 0.3 is 11.9 Å². The molecule has 0 aliphatic carbocycles. The Labute approximate surface area is 142 Å². The van der Waals surface area contributed by atoms with Crippen LogP contribution in [0.2, 0.25) is 0 Å². The van der Waals surface area contributed by atoms with E-state index in [0.717, 1.165) is 32.1 Å². The molecule has 0 saturated carbocycles. The van der Waals surface area contributed by atoms with E-state index in [-0.39, 0.29) is 19.8 Å². The van der Waals surface area contributed by atoms with Gasteiger partial charge in [-0.15, -0.1) is 0 Å². The van der Waals surface area contributed by atoms with Gasteiger partial charge in [0, 0.05) is 0 Å². The molecular formula is C13H22I2O4. The lowest BCUT2D eigenvalue weighted by molar-refractivity contribution is -0.143. The summed E-state index contributed by atoms with van der Waals surface area (Å²) in [7, 11) is 0. The summed E-state index contributed by atoms with van der Waals surface area (Å²) in [5.74, 6) is -0.277. The van der Waals surface area contributed by atoms with Gasteiger partial charge in [-0.3, -0.25) is 9.59 Å². The first-order chi connectivity index (χ1) is 8.95. The maximum absolute atomic E-state index is 11.2. The molecule has 0 N–H and O–H groups in total. The van der Waals surface area contributed by atoms with Crippen LogP contribution in [0, 0.1) is 0 Å². The lowest BCUT2D eigenvalue weighted by Gasteiger charge is -2.07. The number of esters is 2. The van der Waals surface area contributed by atoms with Crippen LogP contribution in [-0.2, 0) is 19.1 Å². The van der Waals surface area contributed by atoms with Crippen molar-refractivity contribution >= 4 is 57.1 Å². The number of halogens is 2. The van der Waals surface area contributed by atoms with Gasteiger partial charge in [-0.2, -0.15) is 0 Å². The number of rotatable bonds is 10. The molecule has 2 unspecified atom stereocenters. The molecule has 0 heterocycles. The van der Waals surface area contributed by atoms with E-state index in [1.165, 1.54) is 0 Å². The molecule has 2 atom stereocenters. The zero-order chi connectivity index (χ0) is 14.7. The van der Waals surface area contributed by atoms with E-state index in [1.54, 1.807) is 0 Å². The normalized spacial score (nSPS) is 13.7. The Kier molecular flexibility index (Phi) is 12.4. The van der Waals surface area contributed by atoms with Crippen molar-refractivity contribution in [3.05, 3.63) is 0 Å². The molecule has 0 aromatic heterocycles. The van der Waals surface area contributed by atoms with Crippen LogP contribution in [-0.4, -0.2) is 33.0 Å². The highest BCUT2D eigenvalue weighted by molar-refractivity contribution is 14.1. The van der Waals surface area contributed by atoms with Crippen molar-refractivity contribution in [3.8, 4) is 0 Å². The highest BCUT2D eigenvalue weighted by atomic mass is 127. The summed E-state index contributed by atoms with van der Waals surface area (Å²) in [5.41, 5.74) is 0. The SMILES string of the molecule is CC(I)C(=O)OCCCCCCCOC(=O)C(C)I. The van der Waals surface area contributed by atoms with Crippen molar-refractivity contribution in [3.63, 3.8) is 0 Å². The average Bonchev–Trinajstić information content (AvgIpc) is 2.35. The molecule has 0 aliphatic rings. The van der Waals surface area contributed by atoms with E-state index in [9.17, 15) is 9.59 Å². The summed E-state index contributed by atoms with van der Waals surface area (Å²) in [6.45, 7) is 4.66. The van der Waals surface area contributed by atoms with Crippen LogP contribution in [0.3, 0.4) is 0 Å². The van der Waals surface area contributed by atoms with Gasteiger partial charge in [0.25, 0.3) is 0 Å². The van der Waals surface area contributed by atoms with Gasteiger partial charge in [0.1, 0.15) is 7.85 Å². The predicted octanol–water partition coefficient (Wildman–Crippen LogP) is 3.67. The molecule has 0 bridgehead atoms. The molecule has 112 valence electrons. The molecule has 0 spiro atoms. The average molecular weight is 496 g/mol. The monoisotopic (exact) mass is 496 g/mol. The molecule has 0 radical (unpaired) electrons. The number of carbonyl (C=O) groups excluding carboxylic acids is 2. The fourth-order valence-corrected chi connectivity index (χ4v) is 1.67. The molecule has 0 amide bonds. The lowest BCUT2D eigenvalue weighted by Crippen LogP contribution is -2.14. The fourth-order valence-electron chi connectivity index (χ4n) is 1.31. The second kappa shape index (κ2) is 12.2. The van der Waals surface area contributed by atoms with Crippen LogP contribution in [0.5, 0.6) is 0 Å². The minimum atomic E-state index is -0.138. The van der Waals surface area contributed by atoms with Crippen molar-refractivity contribution in [1.82, 2.24) is 0 Å². The Hall–Kier alpha value is 0.400. The van der Waals surface area contributed by atoms with E-state index < -0.39 is 0 Å². The van der Waals surface area contributed by atoms with E-state index in [1.807, 2.05) is 59.0 Å². The van der Waals surface area contributed by atoms with Crippen LogP contribution < -0.4 is 0 Å². The van der Waals surface area contributed by atoms with Gasteiger partial charge in [-0.05, 0) is 26.7 Å². The van der Waals surface area contributed by atoms with Crippen LogP contribution >= 0.6 is 45.2 Å². The van der Waals surface area contributed by atoms with Crippen molar-refractivity contribution in [2.75, 3.05) is 13.2 Å². The lowest BCUT2D eigenvalue weighted by atomic mass is 10.1. The first-order valence-corrected chi connectivity index (χ1v) is 9.05. The summed E-state index contributed by atoms with van der Waals surface area (Å²) in [5, 5.41) is 0. The summed E-state index contributed by atoms with van der Waals surface area (Å²) < 4.78 is 9.99. The number of carbonyl (C=O) groups is 2. The van der Waals surface area contributed by atoms with Gasteiger partial charge in [0.15, 0.2) is 0 Å². The van der Waals surface area contributed by atoms with Gasteiger partial charge in [0.2, 0.25) is 0 Å². The second-order valence-electron chi connectivity index (χ2n) is 4.33. The van der Waals surface area contributed by atoms with Gasteiger partial charge in [-0.25, -0.2) is 0 Å². The molecule has 0 aliphatic heterocycles. The van der Waals surface area contributed by atoms with Crippen LogP contribution in [0.25, 0.3) is 0 Å². The zero-order valence-corrected chi connectivity index (χ0v) is 15.8. The van der Waals surface area contributed by atoms with Crippen molar-refractivity contribution in [1.29, 1.82) is 0 Å². The Morgan fingerprint density at radius 3 is 1.42 bits per heavy atom. The molecule has 0 aromatic carbocycles. The molecule has 0 aromatic rings. The van der Waals surface area contributed by atoms with E-state index in [2.05, 4.69) is 0 Å². The third kappa shape index (κ3) is 11.9. The minimum Gasteiger partial charge on any atom is -0.465 e. The molecule has 0 fully saturated rings. The Morgan fingerprint density at radius 2 is 1.11 bits per heavy atom. The second-order valence-corrected chi connectivity index (χ2v) is 8.07. The first kappa shape index (κ1) is 19.4. The Morgan fingerprint density at radius 1 is 0.789 bits per heavy atom. The largest absolute Gasteiger partial charge is 0.465 e. The number of ether oxygens (including phenoxy) is 2. The van der Waals surface area contributed by atoms with Gasteiger partial charge < -0.3 is 9.47 Å². The van der Waals surface area contributed by atoms with Crippen molar-refractivity contribution < 1.29 is 19.1 Å². The van der Waals surface area contributed by atoms with E-state index in [4.69, 9.17) is 9.47 Å². The highest BCUT2D eigenvalue weighted by Crippen LogP contribution is 2.07. The fraction of sp³-hybridized carbons (Fsp3) is 0.846. The van der Waals surface area contributed by atoms with Crippen LogP contribution in [0.15, 0.2) is 0 Å². The van der Waals surface area contributed by atoms with E-state index >= 15 is 0 Å². The predicted molar refractivity (Wildman–Crippen MR) is 92.0 cm³/mol. The molecule has 0 rings (SSSR count). The standard InChI is InChI=1S/C13H22I2O4/c1-10(14)12(16)18-8-6-4-3-5-7-9-19-13(17)11(2)15/h10-11H,3-9H2,1-2H3. The van der Waals surface area contributed by atoms with Crippen molar-refractivity contribution in [2.45, 2.75) is 53.8 Å². The van der Waals surface area contributed by atoms with Crippen molar-refractivity contribution in [2.24, 2.45) is 0 Å². The summed E-state index contributed by atoms with van der Waals surface area (Å²) in [6.07, 6.45) is 4.97. The molecule has 19 heavy (non-hydrogen) atoms. The quantitative estimate of drug-likeness (QED) is 0.201. The third-order valence-electron chi connectivity index (χ3n) is 2.43. The number of hydrogen-bond donors (Lipinski definition) is 0. The highest BCUT2D eigenvalue weighted by Gasteiger charge is 2.09. The Bertz CT molecular complexity index is 241. The molecule has 0 saturated heterocycles. The van der Waals surface area contributed by atoms with Gasteiger partial charge in [0.05, 0.1) is 13.2 Å². The third-order valence-corrected chi connectivity index (χ3v) is 3.44. The Balaban J connectivity index is 3.24. The summed E-state index contributed by atoms with van der Waals surface area (Å²) in [4.78, 5) is 22.3. The summed E-state index contributed by atoms with van der Waals surface area (Å²) in [6, 6.07) is 0. The first-order valence-electron chi connectivity index (χ1n) is 6.56. The maximum Gasteiger partial charge on any atom is 0.318 e. The topological polar surface area (TPSA) is 52.6 Å². The molecule has 6 heteroatoms. The maximum atomic E-state index is 11.2. The smallest absolute Gasteiger partial charge is 0.318 e. The molecular weight excluding hydrogens is 474 g/mol. The van der Waals surface area contributed by atoms with E-state index in [0.29, 0.717) is 13.2 Å². The summed E-state index contributed by atoms with van der Waals surface area (Å²) >= 11 is 4.09. The molecule has 4 nitrogen and oxygen atoms in total. The number of alkyl halides is 2. The minimum absolute atomic E-state index is 0.0763.